The molecule has 3 saturated heterocycles. The Labute approximate surface area is 243 Å². The number of methoxy groups -OCH3 is 1. The molecule has 2 bridgehead atoms. The van der Waals surface area contributed by atoms with Crippen molar-refractivity contribution in [1.29, 1.82) is 5.26 Å². The van der Waals surface area contributed by atoms with E-state index in [1.54, 1.807) is 22.5 Å². The van der Waals surface area contributed by atoms with Crippen LogP contribution < -0.4 is 9.64 Å². The molecule has 0 saturated carbocycles. The molecular formula is C32H31N9O. The number of aryl methyl sites for hydroxylation is 1. The zero-order valence-electron chi connectivity index (χ0n) is 23.6. The number of rotatable bonds is 6. The van der Waals surface area contributed by atoms with Gasteiger partial charge in [-0.2, -0.15) is 15.5 Å². The highest BCUT2D eigenvalue weighted by Crippen LogP contribution is 2.50. The quantitative estimate of drug-likeness (QED) is 0.307. The van der Waals surface area contributed by atoms with Crippen molar-refractivity contribution in [2.75, 3.05) is 25.1 Å². The minimum absolute atomic E-state index is 0.546. The summed E-state index contributed by atoms with van der Waals surface area (Å²) in [4.78, 5) is 14.6. The van der Waals surface area contributed by atoms with Crippen molar-refractivity contribution >= 4 is 11.3 Å². The van der Waals surface area contributed by atoms with Gasteiger partial charge in [0.15, 0.2) is 0 Å². The van der Waals surface area contributed by atoms with Gasteiger partial charge in [-0.05, 0) is 48.4 Å². The van der Waals surface area contributed by atoms with E-state index in [9.17, 15) is 5.26 Å². The van der Waals surface area contributed by atoms with Crippen LogP contribution in [0.25, 0.3) is 27.8 Å². The van der Waals surface area contributed by atoms with E-state index in [2.05, 4.69) is 55.3 Å². The van der Waals surface area contributed by atoms with Crippen LogP contribution in [0, 0.1) is 23.2 Å². The molecular weight excluding hydrogens is 526 g/mol. The molecule has 10 nitrogen and oxygen atoms in total. The Balaban J connectivity index is 1.04. The van der Waals surface area contributed by atoms with Gasteiger partial charge in [-0.25, -0.2) is 14.5 Å². The molecule has 0 amide bonds. The molecule has 4 atom stereocenters. The molecule has 1 unspecified atom stereocenters. The smallest absolute Gasteiger partial charge is 0.212 e. The van der Waals surface area contributed by atoms with Crippen LogP contribution >= 0.6 is 0 Å². The molecule has 0 radical (unpaired) electrons. The lowest BCUT2D eigenvalue weighted by Crippen LogP contribution is -2.35. The molecule has 3 aliphatic rings. The van der Waals surface area contributed by atoms with Gasteiger partial charge < -0.3 is 9.64 Å². The fraction of sp³-hybridized carbons (Fsp3) is 0.344. The van der Waals surface area contributed by atoms with Crippen LogP contribution in [0.2, 0.25) is 0 Å². The first kappa shape index (κ1) is 25.0. The molecule has 210 valence electrons. The summed E-state index contributed by atoms with van der Waals surface area (Å²) in [6.07, 6.45) is 13.8. The first-order chi connectivity index (χ1) is 20.6. The lowest BCUT2D eigenvalue weighted by atomic mass is 9.82. The van der Waals surface area contributed by atoms with Gasteiger partial charge in [-0.15, -0.1) is 0 Å². The van der Waals surface area contributed by atoms with Crippen molar-refractivity contribution in [3.05, 3.63) is 78.6 Å². The predicted molar refractivity (Wildman–Crippen MR) is 158 cm³/mol. The molecule has 0 N–H and O–H groups in total. The van der Waals surface area contributed by atoms with E-state index < -0.39 is 0 Å². The molecule has 0 spiro atoms. The van der Waals surface area contributed by atoms with E-state index in [0.717, 1.165) is 53.2 Å². The van der Waals surface area contributed by atoms with Gasteiger partial charge in [0, 0.05) is 91.9 Å². The zero-order chi connectivity index (χ0) is 28.4. The van der Waals surface area contributed by atoms with Crippen LogP contribution in [0.1, 0.15) is 24.0 Å². The fourth-order valence-corrected chi connectivity index (χ4v) is 7.65. The monoisotopic (exact) mass is 557 g/mol. The summed E-state index contributed by atoms with van der Waals surface area (Å²) < 4.78 is 8.81. The number of pyridine rings is 3. The Hall–Kier alpha value is -4.75. The van der Waals surface area contributed by atoms with Gasteiger partial charge in [-0.3, -0.25) is 9.58 Å². The minimum atomic E-state index is 0.546. The highest BCUT2D eigenvalue weighted by atomic mass is 16.5. The molecule has 5 aromatic heterocycles. The van der Waals surface area contributed by atoms with Gasteiger partial charge in [-0.1, -0.05) is 6.07 Å². The van der Waals surface area contributed by atoms with Crippen molar-refractivity contribution in [1.82, 2.24) is 34.3 Å². The molecule has 5 aromatic rings. The van der Waals surface area contributed by atoms with Crippen LogP contribution in [0.3, 0.4) is 0 Å². The molecule has 0 aliphatic carbocycles. The normalized spacial score (nSPS) is 23.0. The van der Waals surface area contributed by atoms with Crippen molar-refractivity contribution in [2.24, 2.45) is 18.9 Å². The number of nitriles is 1. The number of hydrogen-bond acceptors (Lipinski definition) is 8. The summed E-state index contributed by atoms with van der Waals surface area (Å²) in [6, 6.07) is 14.0. The van der Waals surface area contributed by atoms with Gasteiger partial charge in [0.1, 0.15) is 11.9 Å². The van der Waals surface area contributed by atoms with E-state index >= 15 is 0 Å². The van der Waals surface area contributed by atoms with Crippen molar-refractivity contribution < 1.29 is 4.74 Å². The summed E-state index contributed by atoms with van der Waals surface area (Å²) in [5.41, 5.74) is 6.47. The maximum Gasteiger partial charge on any atom is 0.212 e. The number of ether oxygens (including phenoxy) is 1. The van der Waals surface area contributed by atoms with Crippen LogP contribution in [0.15, 0.2) is 67.5 Å². The molecule has 3 aliphatic heterocycles. The number of aromatic nitrogens is 6. The lowest BCUT2D eigenvalue weighted by Gasteiger charge is -2.27. The second kappa shape index (κ2) is 9.67. The van der Waals surface area contributed by atoms with Crippen molar-refractivity contribution in [3.8, 4) is 34.2 Å². The first-order valence-corrected chi connectivity index (χ1v) is 14.5. The van der Waals surface area contributed by atoms with Crippen LogP contribution in [0.4, 0.5) is 5.82 Å². The second-order valence-corrected chi connectivity index (χ2v) is 11.7. The highest BCUT2D eigenvalue weighted by molar-refractivity contribution is 5.87. The third-order valence-electron chi connectivity index (χ3n) is 9.54. The maximum atomic E-state index is 9.77. The van der Waals surface area contributed by atoms with Gasteiger partial charge in [0.25, 0.3) is 0 Å². The zero-order valence-corrected chi connectivity index (χ0v) is 23.6. The standard InChI is InChI=1S/C32H31N9O/c1-38-16-24(14-36-38)22-9-25(32-23(10-33)13-37-41(32)17-22)21-4-7-30(34-12-21)39-18-26-27(19-39)29-6-5-28(26)40(29)15-20-3-8-31(42-2)35-11-20/h3-4,7-9,11-14,16-17,26-29H,5-6,15,18-19H2,1-2H3/t26-,27+,28-,29?/m1/s1. The van der Waals surface area contributed by atoms with Crippen molar-refractivity contribution in [2.45, 2.75) is 31.5 Å². The van der Waals surface area contributed by atoms with Gasteiger partial charge >= 0.3 is 0 Å². The summed E-state index contributed by atoms with van der Waals surface area (Å²) in [5.74, 6) is 3.01. The summed E-state index contributed by atoms with van der Waals surface area (Å²) in [7, 11) is 3.56. The number of hydrogen-bond donors (Lipinski definition) is 0. The van der Waals surface area contributed by atoms with Crippen LogP contribution in [-0.2, 0) is 13.6 Å². The number of nitrogens with zero attached hydrogens (tertiary/aromatic N) is 9. The Bertz CT molecular complexity index is 1800. The Morgan fingerprint density at radius 3 is 2.38 bits per heavy atom. The SMILES string of the molecule is COc1ccc(CN2C3CC[C@@H]2[C@@H]2CN(c4ccc(-c5cc(-c6cnn(C)c6)cn6ncc(C#N)c56)cn4)C[C@H]32)cn1. The molecule has 42 heavy (non-hydrogen) atoms. The minimum Gasteiger partial charge on any atom is -0.481 e. The van der Waals surface area contributed by atoms with E-state index in [1.807, 2.05) is 44.1 Å². The van der Waals surface area contributed by atoms with Gasteiger partial charge in [0.05, 0.1) is 30.6 Å². The fourth-order valence-electron chi connectivity index (χ4n) is 7.65. The molecule has 3 fully saturated rings. The van der Waals surface area contributed by atoms with E-state index in [-0.39, 0.29) is 0 Å². The number of fused-ring (bicyclic) bond motifs is 6. The van der Waals surface area contributed by atoms with Crippen molar-refractivity contribution in [3.63, 3.8) is 0 Å². The Morgan fingerprint density at radius 2 is 1.74 bits per heavy atom. The average molecular weight is 558 g/mol. The third-order valence-corrected chi connectivity index (χ3v) is 9.54. The highest BCUT2D eigenvalue weighted by Gasteiger charge is 2.56. The Morgan fingerprint density at radius 1 is 0.905 bits per heavy atom. The van der Waals surface area contributed by atoms with E-state index in [4.69, 9.17) is 9.72 Å². The molecule has 8 heterocycles. The summed E-state index contributed by atoms with van der Waals surface area (Å²) in [6.45, 7) is 3.03. The van der Waals surface area contributed by atoms with Gasteiger partial charge in [0.2, 0.25) is 5.88 Å². The molecule has 8 rings (SSSR count). The third kappa shape index (κ3) is 3.96. The second-order valence-electron chi connectivity index (χ2n) is 11.7. The van der Waals surface area contributed by atoms with E-state index in [0.29, 0.717) is 35.4 Å². The Kier molecular flexibility index (Phi) is 5.76. The maximum absolute atomic E-state index is 9.77. The molecule has 0 aromatic carbocycles. The summed E-state index contributed by atoms with van der Waals surface area (Å²) >= 11 is 0. The largest absolute Gasteiger partial charge is 0.481 e. The first-order valence-electron chi connectivity index (χ1n) is 14.5. The number of anilines is 1. The average Bonchev–Trinajstić information content (AvgIpc) is 3.85. The summed E-state index contributed by atoms with van der Waals surface area (Å²) in [5, 5.41) is 18.6. The molecule has 10 heteroatoms. The predicted octanol–water partition coefficient (Wildman–Crippen LogP) is 4.17. The topological polar surface area (TPSA) is 100 Å². The lowest BCUT2D eigenvalue weighted by molar-refractivity contribution is 0.221. The van der Waals surface area contributed by atoms with Crippen LogP contribution in [-0.4, -0.2) is 66.5 Å². The van der Waals surface area contributed by atoms with Crippen LogP contribution in [0.5, 0.6) is 5.88 Å². The van der Waals surface area contributed by atoms with E-state index in [1.165, 1.54) is 18.4 Å².